The van der Waals surface area contributed by atoms with Gasteiger partial charge in [0.05, 0.1) is 6.10 Å². The van der Waals surface area contributed by atoms with Crippen LogP contribution < -0.4 is 5.32 Å². The molecule has 1 fully saturated rings. The third kappa shape index (κ3) is 3.33. The number of rotatable bonds is 6. The van der Waals surface area contributed by atoms with Crippen LogP contribution in [0.3, 0.4) is 0 Å². The first kappa shape index (κ1) is 13.6. The minimum absolute atomic E-state index is 0.164. The summed E-state index contributed by atoms with van der Waals surface area (Å²) in [4.78, 5) is 0. The Labute approximate surface area is 111 Å². The van der Waals surface area contributed by atoms with Crippen LogP contribution in [0.4, 0.5) is 0 Å². The predicted molar refractivity (Wildman–Crippen MR) is 75.6 cm³/mol. The molecule has 2 unspecified atom stereocenters. The second-order valence-electron chi connectivity index (χ2n) is 5.35. The summed E-state index contributed by atoms with van der Waals surface area (Å²) in [5, 5.41) is 3.45. The molecule has 100 valence electrons. The first-order valence-electron chi connectivity index (χ1n) is 7.10. The molecule has 1 aliphatic carbocycles. The minimum Gasteiger partial charge on any atom is -0.375 e. The summed E-state index contributed by atoms with van der Waals surface area (Å²) in [7, 11) is 3.87. The molecule has 0 spiro atoms. The Hall–Kier alpha value is -0.860. The summed E-state index contributed by atoms with van der Waals surface area (Å²) in [5.74, 6) is 0.879. The Morgan fingerprint density at radius 1 is 1.22 bits per heavy atom. The van der Waals surface area contributed by atoms with E-state index in [0.717, 1.165) is 5.92 Å². The third-order valence-corrected chi connectivity index (χ3v) is 4.18. The van der Waals surface area contributed by atoms with Crippen molar-refractivity contribution in [1.82, 2.24) is 5.32 Å². The summed E-state index contributed by atoms with van der Waals surface area (Å²) in [6.07, 6.45) is 6.99. The maximum absolute atomic E-state index is 5.74. The number of benzene rings is 1. The molecule has 2 atom stereocenters. The molecule has 0 aromatic heterocycles. The molecule has 0 aliphatic heterocycles. The quantitative estimate of drug-likeness (QED) is 0.830. The first-order valence-corrected chi connectivity index (χ1v) is 7.10. The number of likely N-dealkylation sites (N-methyl/N-ethyl adjacent to an activating group) is 1. The smallest absolute Gasteiger partial charge is 0.0973 e. The maximum Gasteiger partial charge on any atom is 0.0973 e. The lowest BCUT2D eigenvalue weighted by molar-refractivity contribution is 0.0619. The highest BCUT2D eigenvalue weighted by Gasteiger charge is 2.26. The molecule has 1 aliphatic rings. The highest BCUT2D eigenvalue weighted by molar-refractivity contribution is 5.19. The van der Waals surface area contributed by atoms with Crippen LogP contribution >= 0.6 is 0 Å². The molecule has 2 heteroatoms. The average Bonchev–Trinajstić information content (AvgIpc) is 2.92. The molecule has 2 nitrogen and oxygen atoms in total. The highest BCUT2D eigenvalue weighted by atomic mass is 16.5. The monoisotopic (exact) mass is 247 g/mol. The number of nitrogens with one attached hydrogen (secondary N) is 1. The van der Waals surface area contributed by atoms with Crippen molar-refractivity contribution in [2.45, 2.75) is 44.2 Å². The Morgan fingerprint density at radius 3 is 2.44 bits per heavy atom. The summed E-state index contributed by atoms with van der Waals surface area (Å²) < 4.78 is 5.74. The van der Waals surface area contributed by atoms with Crippen LogP contribution in [0.15, 0.2) is 30.3 Å². The van der Waals surface area contributed by atoms with Gasteiger partial charge in [0.1, 0.15) is 0 Å². The van der Waals surface area contributed by atoms with E-state index in [2.05, 4.69) is 42.7 Å². The number of hydrogen-bond donors (Lipinski definition) is 1. The van der Waals surface area contributed by atoms with E-state index in [4.69, 9.17) is 4.74 Å². The van der Waals surface area contributed by atoms with Gasteiger partial charge in [0.2, 0.25) is 0 Å². The zero-order valence-corrected chi connectivity index (χ0v) is 11.6. The van der Waals surface area contributed by atoms with E-state index in [-0.39, 0.29) is 6.10 Å². The second-order valence-corrected chi connectivity index (χ2v) is 5.35. The van der Waals surface area contributed by atoms with Gasteiger partial charge < -0.3 is 10.1 Å². The molecule has 0 saturated heterocycles. The molecule has 1 saturated carbocycles. The van der Waals surface area contributed by atoms with Crippen molar-refractivity contribution in [3.63, 3.8) is 0 Å². The second kappa shape index (κ2) is 6.91. The number of hydrogen-bond acceptors (Lipinski definition) is 2. The van der Waals surface area contributed by atoms with Gasteiger partial charge in [-0.2, -0.15) is 0 Å². The van der Waals surface area contributed by atoms with E-state index >= 15 is 0 Å². The lowest BCUT2D eigenvalue weighted by Crippen LogP contribution is -2.34. The Morgan fingerprint density at radius 2 is 1.89 bits per heavy atom. The SMILES string of the molecule is CNC(CC1CCCC1)C(OC)c1ccccc1. The zero-order chi connectivity index (χ0) is 12.8. The summed E-state index contributed by atoms with van der Waals surface area (Å²) >= 11 is 0. The summed E-state index contributed by atoms with van der Waals surface area (Å²) in [5.41, 5.74) is 1.28. The fourth-order valence-electron chi connectivity index (χ4n) is 3.17. The van der Waals surface area contributed by atoms with Crippen LogP contribution in [-0.2, 0) is 4.74 Å². The van der Waals surface area contributed by atoms with E-state index in [1.807, 2.05) is 7.11 Å². The van der Waals surface area contributed by atoms with E-state index < -0.39 is 0 Å². The molecule has 18 heavy (non-hydrogen) atoms. The molecule has 0 radical (unpaired) electrons. The van der Waals surface area contributed by atoms with Crippen molar-refractivity contribution in [3.05, 3.63) is 35.9 Å². The van der Waals surface area contributed by atoms with Crippen LogP contribution in [0.5, 0.6) is 0 Å². The molecule has 1 aromatic carbocycles. The van der Waals surface area contributed by atoms with Gasteiger partial charge in [0, 0.05) is 13.2 Å². The first-order chi connectivity index (χ1) is 8.85. The van der Waals surface area contributed by atoms with Crippen molar-refractivity contribution >= 4 is 0 Å². The molecule has 1 aromatic rings. The van der Waals surface area contributed by atoms with Crippen molar-refractivity contribution in [2.75, 3.05) is 14.2 Å². The van der Waals surface area contributed by atoms with Crippen LogP contribution in [0, 0.1) is 5.92 Å². The van der Waals surface area contributed by atoms with Crippen molar-refractivity contribution in [3.8, 4) is 0 Å². The molecule has 1 N–H and O–H groups in total. The Bertz CT molecular complexity index is 332. The van der Waals surface area contributed by atoms with Gasteiger partial charge in [0.25, 0.3) is 0 Å². The van der Waals surface area contributed by atoms with Gasteiger partial charge in [-0.15, -0.1) is 0 Å². The van der Waals surface area contributed by atoms with Gasteiger partial charge in [-0.3, -0.25) is 0 Å². The highest BCUT2D eigenvalue weighted by Crippen LogP contribution is 2.32. The standard InChI is InChI=1S/C16H25NO/c1-17-15(12-13-8-6-7-9-13)16(18-2)14-10-4-3-5-11-14/h3-5,10-11,13,15-17H,6-9,12H2,1-2H3. The molecular weight excluding hydrogens is 222 g/mol. The molecular formula is C16H25NO. The minimum atomic E-state index is 0.164. The lowest BCUT2D eigenvalue weighted by atomic mass is 9.92. The van der Waals surface area contributed by atoms with Crippen LogP contribution in [0.25, 0.3) is 0 Å². The topological polar surface area (TPSA) is 21.3 Å². The molecule has 0 heterocycles. The summed E-state index contributed by atoms with van der Waals surface area (Å²) in [6.45, 7) is 0. The Kier molecular flexibility index (Phi) is 5.21. The van der Waals surface area contributed by atoms with Gasteiger partial charge in [-0.25, -0.2) is 0 Å². The van der Waals surface area contributed by atoms with Crippen LogP contribution in [0.2, 0.25) is 0 Å². The Balaban J connectivity index is 2.03. The van der Waals surface area contributed by atoms with Gasteiger partial charge in [-0.05, 0) is 24.9 Å². The lowest BCUT2D eigenvalue weighted by Gasteiger charge is -2.28. The fourth-order valence-corrected chi connectivity index (χ4v) is 3.17. The molecule has 0 bridgehead atoms. The molecule has 0 amide bonds. The third-order valence-electron chi connectivity index (χ3n) is 4.18. The van der Waals surface area contributed by atoms with Gasteiger partial charge in [-0.1, -0.05) is 56.0 Å². The van der Waals surface area contributed by atoms with Gasteiger partial charge >= 0.3 is 0 Å². The van der Waals surface area contributed by atoms with E-state index in [0.29, 0.717) is 6.04 Å². The number of methoxy groups -OCH3 is 1. The number of ether oxygens (including phenoxy) is 1. The van der Waals surface area contributed by atoms with E-state index in [1.165, 1.54) is 37.7 Å². The van der Waals surface area contributed by atoms with Gasteiger partial charge in [0.15, 0.2) is 0 Å². The van der Waals surface area contributed by atoms with Crippen LogP contribution in [-0.4, -0.2) is 20.2 Å². The van der Waals surface area contributed by atoms with Crippen LogP contribution in [0.1, 0.15) is 43.8 Å². The van der Waals surface area contributed by atoms with Crippen molar-refractivity contribution in [2.24, 2.45) is 5.92 Å². The van der Waals surface area contributed by atoms with Crippen molar-refractivity contribution in [1.29, 1.82) is 0 Å². The van der Waals surface area contributed by atoms with Crippen molar-refractivity contribution < 1.29 is 4.74 Å². The zero-order valence-electron chi connectivity index (χ0n) is 11.6. The maximum atomic E-state index is 5.74. The average molecular weight is 247 g/mol. The fraction of sp³-hybridized carbons (Fsp3) is 0.625. The molecule has 2 rings (SSSR count). The summed E-state index contributed by atoms with van der Waals surface area (Å²) in [6, 6.07) is 11.0. The largest absolute Gasteiger partial charge is 0.375 e. The van der Waals surface area contributed by atoms with E-state index in [1.54, 1.807) is 0 Å². The predicted octanol–water partition coefficient (Wildman–Crippen LogP) is 3.54. The van der Waals surface area contributed by atoms with E-state index in [9.17, 15) is 0 Å². The normalized spacial score (nSPS) is 19.9.